The van der Waals surface area contributed by atoms with E-state index >= 15 is 0 Å². The Kier molecular flexibility index (Phi) is 4.56. The van der Waals surface area contributed by atoms with Gasteiger partial charge in [0.1, 0.15) is 5.75 Å². The molecule has 0 atom stereocenters. The van der Waals surface area contributed by atoms with Crippen LogP contribution in [-0.4, -0.2) is 18.2 Å². The van der Waals surface area contributed by atoms with Crippen LogP contribution >= 0.6 is 24.0 Å². The van der Waals surface area contributed by atoms with Crippen LogP contribution in [0.3, 0.4) is 0 Å². The number of anilines is 1. The number of carbonyl (C=O) groups excluding carboxylic acids is 1. The predicted octanol–water partition coefficient (Wildman–Crippen LogP) is 2.91. The fourth-order valence-corrected chi connectivity index (χ4v) is 1.55. The topological polar surface area (TPSA) is 61.4 Å². The molecule has 0 bridgehead atoms. The molecule has 0 aromatic heterocycles. The highest BCUT2D eigenvalue weighted by molar-refractivity contribution is 14.0. The van der Waals surface area contributed by atoms with Crippen molar-refractivity contribution in [2.75, 3.05) is 12.4 Å². The molecule has 0 aliphatic heterocycles. The third-order valence-electron chi connectivity index (χ3n) is 2.34. The molecule has 90 valence electrons. The van der Waals surface area contributed by atoms with E-state index in [1.165, 1.54) is 0 Å². The lowest BCUT2D eigenvalue weighted by atomic mass is 10.1. The van der Waals surface area contributed by atoms with Crippen molar-refractivity contribution in [3.8, 4) is 5.75 Å². The molecule has 2 amide bonds. The van der Waals surface area contributed by atoms with Gasteiger partial charge in [0, 0.05) is 12.4 Å². The van der Waals surface area contributed by atoms with Crippen LogP contribution in [0.4, 0.5) is 10.5 Å². The minimum absolute atomic E-state index is 0. The fourth-order valence-electron chi connectivity index (χ4n) is 1.55. The molecule has 0 unspecified atom stereocenters. The molecule has 4 nitrogen and oxygen atoms in total. The van der Waals surface area contributed by atoms with E-state index in [2.05, 4.69) is 10.6 Å². The summed E-state index contributed by atoms with van der Waals surface area (Å²) < 4.78 is 0. The Balaban J connectivity index is 0.00000144. The molecule has 0 saturated carbocycles. The van der Waals surface area contributed by atoms with Gasteiger partial charge >= 0.3 is 6.03 Å². The number of carbonyl (C=O) groups is 1. The van der Waals surface area contributed by atoms with Gasteiger partial charge < -0.3 is 15.7 Å². The second kappa shape index (κ2) is 5.72. The normalized spacial score (nSPS) is 9.47. The van der Waals surface area contributed by atoms with Crippen molar-refractivity contribution in [2.24, 2.45) is 0 Å². The molecule has 0 fully saturated rings. The van der Waals surface area contributed by atoms with Crippen molar-refractivity contribution < 1.29 is 9.90 Å². The Labute approximate surface area is 116 Å². The number of phenolic OH excluding ortho intramolecular Hbond substituents is 1. The number of phenols is 1. The van der Waals surface area contributed by atoms with Crippen LogP contribution in [-0.2, 0) is 0 Å². The van der Waals surface area contributed by atoms with Crippen molar-refractivity contribution >= 4 is 46.5 Å². The molecule has 2 rings (SSSR count). The standard InChI is InChI=1S/C12H12N2O2.HI/c1-13-12(16)14-11-4-2-3-8-5-6-9(15)7-10(8)11;/h2-7,15H,1H3,(H2,13,14,16);1H. The van der Waals surface area contributed by atoms with Crippen LogP contribution in [0.15, 0.2) is 36.4 Å². The zero-order chi connectivity index (χ0) is 11.5. The summed E-state index contributed by atoms with van der Waals surface area (Å²) in [7, 11) is 1.55. The average Bonchev–Trinajstić information content (AvgIpc) is 2.29. The third kappa shape index (κ3) is 3.00. The molecule has 5 heteroatoms. The predicted molar refractivity (Wildman–Crippen MR) is 79.1 cm³/mol. The zero-order valence-electron chi connectivity index (χ0n) is 9.23. The van der Waals surface area contributed by atoms with Gasteiger partial charge in [-0.15, -0.1) is 24.0 Å². The quantitative estimate of drug-likeness (QED) is 0.697. The number of aromatic hydroxyl groups is 1. The first-order valence-corrected chi connectivity index (χ1v) is 4.91. The summed E-state index contributed by atoms with van der Waals surface area (Å²) >= 11 is 0. The van der Waals surface area contributed by atoms with Crippen molar-refractivity contribution in [2.45, 2.75) is 0 Å². The summed E-state index contributed by atoms with van der Waals surface area (Å²) in [5.41, 5.74) is 0.674. The fraction of sp³-hybridized carbons (Fsp3) is 0.0833. The SMILES string of the molecule is CNC(=O)Nc1cccc2ccc(O)cc12.I. The Morgan fingerprint density at radius 2 is 2.00 bits per heavy atom. The lowest BCUT2D eigenvalue weighted by Crippen LogP contribution is -2.24. The van der Waals surface area contributed by atoms with Gasteiger partial charge in [0.15, 0.2) is 0 Å². The van der Waals surface area contributed by atoms with Crippen LogP contribution in [0, 0.1) is 0 Å². The van der Waals surface area contributed by atoms with E-state index in [4.69, 9.17) is 0 Å². The average molecular weight is 344 g/mol. The highest BCUT2D eigenvalue weighted by atomic mass is 127. The lowest BCUT2D eigenvalue weighted by molar-refractivity contribution is 0.254. The maximum Gasteiger partial charge on any atom is 0.318 e. The zero-order valence-corrected chi connectivity index (χ0v) is 11.6. The van der Waals surface area contributed by atoms with Crippen molar-refractivity contribution in [1.29, 1.82) is 0 Å². The van der Waals surface area contributed by atoms with E-state index in [9.17, 15) is 9.90 Å². The molecule has 17 heavy (non-hydrogen) atoms. The van der Waals surface area contributed by atoms with Crippen LogP contribution in [0.5, 0.6) is 5.75 Å². The van der Waals surface area contributed by atoms with Crippen LogP contribution in [0.1, 0.15) is 0 Å². The number of fused-ring (bicyclic) bond motifs is 1. The van der Waals surface area contributed by atoms with E-state index in [-0.39, 0.29) is 35.8 Å². The van der Waals surface area contributed by atoms with Crippen LogP contribution in [0.25, 0.3) is 10.8 Å². The second-order valence-corrected chi connectivity index (χ2v) is 3.42. The van der Waals surface area contributed by atoms with E-state index < -0.39 is 0 Å². The maximum atomic E-state index is 11.2. The van der Waals surface area contributed by atoms with Gasteiger partial charge in [-0.2, -0.15) is 0 Å². The number of urea groups is 1. The molecule has 2 aromatic rings. The maximum absolute atomic E-state index is 11.2. The second-order valence-electron chi connectivity index (χ2n) is 3.42. The first kappa shape index (κ1) is 13.6. The van der Waals surface area contributed by atoms with Gasteiger partial charge in [0.25, 0.3) is 0 Å². The molecule has 0 saturated heterocycles. The molecule has 3 N–H and O–H groups in total. The first-order chi connectivity index (χ1) is 7.70. The molecular weight excluding hydrogens is 331 g/mol. The van der Waals surface area contributed by atoms with Gasteiger partial charge in [-0.25, -0.2) is 4.79 Å². The largest absolute Gasteiger partial charge is 0.508 e. The Morgan fingerprint density at radius 1 is 1.24 bits per heavy atom. The number of nitrogens with one attached hydrogen (secondary N) is 2. The number of hydrogen-bond donors (Lipinski definition) is 3. The van der Waals surface area contributed by atoms with Crippen LogP contribution < -0.4 is 10.6 Å². The third-order valence-corrected chi connectivity index (χ3v) is 2.34. The highest BCUT2D eigenvalue weighted by Crippen LogP contribution is 2.26. The van der Waals surface area contributed by atoms with Crippen LogP contribution in [0.2, 0.25) is 0 Å². The van der Waals surface area contributed by atoms with Gasteiger partial charge in [-0.3, -0.25) is 0 Å². The van der Waals surface area contributed by atoms with Crippen molar-refractivity contribution in [1.82, 2.24) is 5.32 Å². The Bertz CT molecular complexity index is 543. The van der Waals surface area contributed by atoms with Crippen molar-refractivity contribution in [3.63, 3.8) is 0 Å². The summed E-state index contributed by atoms with van der Waals surface area (Å²) in [6.07, 6.45) is 0. The van der Waals surface area contributed by atoms with Gasteiger partial charge in [0.2, 0.25) is 0 Å². The molecule has 0 aliphatic rings. The Morgan fingerprint density at radius 3 is 2.71 bits per heavy atom. The lowest BCUT2D eigenvalue weighted by Gasteiger charge is -2.08. The summed E-state index contributed by atoms with van der Waals surface area (Å²) in [6.45, 7) is 0. The molecule has 0 heterocycles. The molecule has 0 aliphatic carbocycles. The summed E-state index contributed by atoms with van der Waals surface area (Å²) in [5.74, 6) is 0.179. The monoisotopic (exact) mass is 344 g/mol. The van der Waals surface area contributed by atoms with Gasteiger partial charge in [-0.05, 0) is 23.6 Å². The van der Waals surface area contributed by atoms with Gasteiger partial charge in [0.05, 0.1) is 5.69 Å². The van der Waals surface area contributed by atoms with E-state index in [1.54, 1.807) is 31.3 Å². The number of halogens is 1. The van der Waals surface area contributed by atoms with Gasteiger partial charge in [-0.1, -0.05) is 18.2 Å². The molecule has 0 radical (unpaired) electrons. The molecule has 0 spiro atoms. The number of amides is 2. The van der Waals surface area contributed by atoms with E-state index in [1.807, 2.05) is 12.1 Å². The number of benzene rings is 2. The summed E-state index contributed by atoms with van der Waals surface area (Å²) in [4.78, 5) is 11.2. The summed E-state index contributed by atoms with van der Waals surface area (Å²) in [5, 5.41) is 16.4. The smallest absolute Gasteiger partial charge is 0.318 e. The number of rotatable bonds is 1. The first-order valence-electron chi connectivity index (χ1n) is 4.91. The van der Waals surface area contributed by atoms with E-state index in [0.717, 1.165) is 10.8 Å². The Hall–Kier alpha value is -1.50. The minimum atomic E-state index is -0.282. The summed E-state index contributed by atoms with van der Waals surface area (Å²) in [6, 6.07) is 10.3. The molecular formula is C12H13IN2O2. The van der Waals surface area contributed by atoms with Crippen molar-refractivity contribution in [3.05, 3.63) is 36.4 Å². The highest BCUT2D eigenvalue weighted by Gasteiger charge is 2.04. The molecule has 2 aromatic carbocycles. The van der Waals surface area contributed by atoms with E-state index in [0.29, 0.717) is 5.69 Å². The number of hydrogen-bond acceptors (Lipinski definition) is 2. The minimum Gasteiger partial charge on any atom is -0.508 e.